The zero-order chi connectivity index (χ0) is 22.0. The molecule has 1 unspecified atom stereocenters. The van der Waals surface area contributed by atoms with Gasteiger partial charge in [0.1, 0.15) is 0 Å². The Bertz CT molecular complexity index is 1160. The Morgan fingerprint density at radius 1 is 1.10 bits per heavy atom. The minimum Gasteiger partial charge on any atom is -0.325 e. The lowest BCUT2D eigenvalue weighted by Crippen LogP contribution is -2.40. The summed E-state index contributed by atoms with van der Waals surface area (Å²) in [7, 11) is -4.66. The number of hydrogen-bond donors (Lipinski definition) is 1. The van der Waals surface area contributed by atoms with Crippen LogP contribution in [0.25, 0.3) is 0 Å². The molecule has 0 spiro atoms. The Labute approximate surface area is 183 Å². The van der Waals surface area contributed by atoms with E-state index < -0.39 is 20.5 Å². The predicted octanol–water partition coefficient (Wildman–Crippen LogP) is 4.33. The molecule has 5 nitrogen and oxygen atoms in total. The molecule has 3 aromatic rings. The summed E-state index contributed by atoms with van der Waals surface area (Å²) in [6, 6.07) is 16.8. The van der Waals surface area contributed by atoms with Crippen molar-refractivity contribution >= 4 is 32.8 Å². The van der Waals surface area contributed by atoms with Gasteiger partial charge < -0.3 is 5.32 Å². The summed E-state index contributed by atoms with van der Waals surface area (Å²) in [5.74, 6) is -3.74. The van der Waals surface area contributed by atoms with Gasteiger partial charge in [0.25, 0.3) is 0 Å². The number of carbonyl (C=O) groups is 1. The van der Waals surface area contributed by atoms with Crippen LogP contribution in [0.4, 0.5) is 14.5 Å². The Hall–Kier alpha value is -2.62. The first-order chi connectivity index (χ1) is 14.9. The van der Waals surface area contributed by atoms with E-state index in [2.05, 4.69) is 21.7 Å². The Morgan fingerprint density at radius 2 is 1.81 bits per heavy atom. The summed E-state index contributed by atoms with van der Waals surface area (Å²) in [5.41, 5.74) is 2.66. The van der Waals surface area contributed by atoms with Gasteiger partial charge in [-0.1, -0.05) is 30.3 Å². The van der Waals surface area contributed by atoms with Crippen LogP contribution in [0, 0.1) is 0 Å². The third kappa shape index (κ3) is 4.53. The Morgan fingerprint density at radius 3 is 2.48 bits per heavy atom. The van der Waals surface area contributed by atoms with Crippen LogP contribution in [-0.2, 0) is 21.1 Å². The molecule has 1 aliphatic rings. The zero-order valence-electron chi connectivity index (χ0n) is 16.4. The molecule has 2 heterocycles. The molecule has 1 atom stereocenters. The molecule has 1 N–H and O–H groups in total. The van der Waals surface area contributed by atoms with Gasteiger partial charge in [0.05, 0.1) is 17.5 Å². The highest BCUT2D eigenvalue weighted by atomic mass is 32.2. The quantitative estimate of drug-likeness (QED) is 0.592. The molecule has 4 rings (SSSR count). The van der Waals surface area contributed by atoms with Crippen LogP contribution in [0.15, 0.2) is 70.9 Å². The maximum atomic E-state index is 12.7. The van der Waals surface area contributed by atoms with Crippen LogP contribution in [0.2, 0.25) is 0 Å². The summed E-state index contributed by atoms with van der Waals surface area (Å²) in [6.45, 7) is 0.873. The highest BCUT2D eigenvalue weighted by molar-refractivity contribution is 7.91. The van der Waals surface area contributed by atoms with Gasteiger partial charge in [0.2, 0.25) is 15.7 Å². The predicted molar refractivity (Wildman–Crippen MR) is 116 cm³/mol. The molecular weight excluding hydrogens is 442 g/mol. The second-order valence-electron chi connectivity index (χ2n) is 7.21. The van der Waals surface area contributed by atoms with Crippen molar-refractivity contribution in [3.8, 4) is 0 Å². The summed E-state index contributed by atoms with van der Waals surface area (Å²) in [6.07, 6.45) is 0.865. The monoisotopic (exact) mass is 462 g/mol. The molecule has 9 heteroatoms. The fourth-order valence-electron chi connectivity index (χ4n) is 3.78. The minimum absolute atomic E-state index is 0.0273. The molecule has 31 heavy (non-hydrogen) atoms. The molecule has 1 aromatic heterocycles. The van der Waals surface area contributed by atoms with Crippen molar-refractivity contribution < 1.29 is 22.0 Å². The van der Waals surface area contributed by atoms with E-state index in [9.17, 15) is 22.0 Å². The fourth-order valence-corrected chi connectivity index (χ4v) is 5.41. The lowest BCUT2D eigenvalue weighted by molar-refractivity contribution is -0.117. The number of rotatable bonds is 6. The van der Waals surface area contributed by atoms with Crippen molar-refractivity contribution in [3.05, 3.63) is 82.0 Å². The second kappa shape index (κ2) is 8.86. The number of benzene rings is 2. The average Bonchev–Trinajstić information content (AvgIpc) is 3.23. The largest absolute Gasteiger partial charge is 0.341 e. The fraction of sp³-hybridized carbons (Fsp3) is 0.227. The highest BCUT2D eigenvalue weighted by Crippen LogP contribution is 2.37. The third-order valence-electron chi connectivity index (χ3n) is 5.23. The number of nitrogens with zero attached hydrogens (tertiary/aromatic N) is 1. The molecule has 0 aliphatic carbocycles. The first-order valence-corrected chi connectivity index (χ1v) is 12.1. The Balaban J connectivity index is 1.49. The van der Waals surface area contributed by atoms with Crippen LogP contribution in [0.1, 0.15) is 22.0 Å². The zero-order valence-corrected chi connectivity index (χ0v) is 18.0. The summed E-state index contributed by atoms with van der Waals surface area (Å²) < 4.78 is 48.4. The van der Waals surface area contributed by atoms with E-state index in [1.807, 2.05) is 30.3 Å². The van der Waals surface area contributed by atoms with Crippen molar-refractivity contribution in [1.29, 1.82) is 0 Å². The van der Waals surface area contributed by atoms with Gasteiger partial charge in [0, 0.05) is 17.1 Å². The molecular formula is C22H20F2N2O3S2. The number of hydrogen-bond acceptors (Lipinski definition) is 5. The smallest absolute Gasteiger partial charge is 0.325 e. The van der Waals surface area contributed by atoms with Crippen molar-refractivity contribution in [1.82, 2.24) is 4.90 Å². The van der Waals surface area contributed by atoms with E-state index >= 15 is 0 Å². The van der Waals surface area contributed by atoms with Crippen LogP contribution in [0.3, 0.4) is 0 Å². The van der Waals surface area contributed by atoms with Gasteiger partial charge in [-0.15, -0.1) is 11.3 Å². The summed E-state index contributed by atoms with van der Waals surface area (Å²) >= 11 is 1.72. The minimum atomic E-state index is -4.66. The molecule has 1 amide bonds. The number of carbonyl (C=O) groups excluding carboxylic acids is 1. The summed E-state index contributed by atoms with van der Waals surface area (Å²) in [4.78, 5) is 15.7. The number of thiophene rings is 1. The van der Waals surface area contributed by atoms with Gasteiger partial charge in [0.15, 0.2) is 0 Å². The number of fused-ring (bicyclic) bond motifs is 1. The van der Waals surface area contributed by atoms with Crippen LogP contribution in [-0.4, -0.2) is 38.1 Å². The normalized spacial score (nSPS) is 16.8. The van der Waals surface area contributed by atoms with Crippen LogP contribution in [0.5, 0.6) is 0 Å². The molecule has 1 aliphatic heterocycles. The van der Waals surface area contributed by atoms with Crippen molar-refractivity contribution in [3.63, 3.8) is 0 Å². The van der Waals surface area contributed by atoms with Crippen molar-refractivity contribution in [2.75, 3.05) is 18.4 Å². The van der Waals surface area contributed by atoms with E-state index in [1.54, 1.807) is 11.3 Å². The van der Waals surface area contributed by atoms with E-state index in [4.69, 9.17) is 0 Å². The van der Waals surface area contributed by atoms with E-state index in [0.29, 0.717) is 5.69 Å². The molecule has 0 saturated heterocycles. The molecule has 0 bridgehead atoms. The van der Waals surface area contributed by atoms with E-state index in [0.717, 1.165) is 30.7 Å². The van der Waals surface area contributed by atoms with Crippen LogP contribution < -0.4 is 5.32 Å². The Kier molecular flexibility index (Phi) is 6.17. The number of sulfone groups is 1. The molecule has 0 saturated carbocycles. The van der Waals surface area contributed by atoms with Crippen LogP contribution >= 0.6 is 11.3 Å². The van der Waals surface area contributed by atoms with Gasteiger partial charge >= 0.3 is 5.76 Å². The number of alkyl halides is 2. The number of amides is 1. The number of nitrogens with one attached hydrogen (secondary N) is 1. The standard InChI is InChI=1S/C22H20F2N2O3S2/c23-22(24)31(28,29)17-8-6-16(7-9-17)25-20(27)14-26-12-10-19-18(11-13-30-19)21(26)15-4-2-1-3-5-15/h1-9,11,13,21-22H,10,12,14H2,(H,25,27). The summed E-state index contributed by atoms with van der Waals surface area (Å²) in [5, 5.41) is 4.80. The van der Waals surface area contributed by atoms with E-state index in [-0.39, 0.29) is 18.5 Å². The number of halogens is 2. The average molecular weight is 463 g/mol. The van der Waals surface area contributed by atoms with Gasteiger partial charge in [-0.3, -0.25) is 9.69 Å². The van der Waals surface area contributed by atoms with Gasteiger partial charge in [-0.2, -0.15) is 8.78 Å². The van der Waals surface area contributed by atoms with Gasteiger partial charge in [-0.25, -0.2) is 8.42 Å². The van der Waals surface area contributed by atoms with Gasteiger partial charge in [-0.05, 0) is 53.3 Å². The lowest BCUT2D eigenvalue weighted by Gasteiger charge is -2.35. The third-order valence-corrected chi connectivity index (χ3v) is 7.62. The lowest BCUT2D eigenvalue weighted by atomic mass is 9.93. The second-order valence-corrected chi connectivity index (χ2v) is 10.1. The van der Waals surface area contributed by atoms with E-state index in [1.165, 1.54) is 22.6 Å². The molecule has 2 aromatic carbocycles. The van der Waals surface area contributed by atoms with Crippen molar-refractivity contribution in [2.45, 2.75) is 23.1 Å². The molecule has 162 valence electrons. The maximum absolute atomic E-state index is 12.7. The maximum Gasteiger partial charge on any atom is 0.341 e. The first-order valence-electron chi connectivity index (χ1n) is 9.63. The highest BCUT2D eigenvalue weighted by Gasteiger charge is 2.31. The SMILES string of the molecule is O=C(CN1CCc2sccc2C1c1ccccc1)Nc1ccc(S(=O)(=O)C(F)F)cc1. The number of anilines is 1. The van der Waals surface area contributed by atoms with Crippen molar-refractivity contribution in [2.24, 2.45) is 0 Å². The first kappa shape index (κ1) is 21.6. The molecule has 0 radical (unpaired) electrons. The topological polar surface area (TPSA) is 66.5 Å². The molecule has 0 fully saturated rings.